The molecule has 1 aliphatic heterocycles. The second-order valence-electron chi connectivity index (χ2n) is 7.12. The minimum Gasteiger partial charge on any atom is -0.354 e. The van der Waals surface area contributed by atoms with Crippen molar-refractivity contribution in [2.45, 2.75) is 45.6 Å². The van der Waals surface area contributed by atoms with E-state index < -0.39 is 5.54 Å². The van der Waals surface area contributed by atoms with Crippen LogP contribution in [0.2, 0.25) is 0 Å². The average molecular weight is 377 g/mol. The summed E-state index contributed by atoms with van der Waals surface area (Å²) in [5, 5.41) is 10.9. The van der Waals surface area contributed by atoms with Crippen LogP contribution in [-0.4, -0.2) is 35.3 Å². The molecule has 1 amide bonds. The molecule has 1 aromatic carbocycles. The third-order valence-corrected chi connectivity index (χ3v) is 5.30. The van der Waals surface area contributed by atoms with Crippen LogP contribution in [0.4, 0.5) is 0 Å². The standard InChI is InChI=1S/C20H28N4O.ClH/c1-15-13-16(2)18(17(3)14-15)5-9-22-19(25)20(6-10-21-11-7-20)24-12-4-8-23-24;/h4,8,12-14,21H,5-7,9-11H2,1-3H3,(H,22,25);1H. The minimum absolute atomic E-state index is 0. The Hall–Kier alpha value is -1.85. The molecule has 2 heterocycles. The molecule has 0 saturated carbocycles. The van der Waals surface area contributed by atoms with Crippen molar-refractivity contribution in [2.75, 3.05) is 19.6 Å². The maximum Gasteiger partial charge on any atom is 0.248 e. The molecule has 0 spiro atoms. The van der Waals surface area contributed by atoms with Crippen LogP contribution in [0, 0.1) is 20.8 Å². The van der Waals surface area contributed by atoms with Gasteiger partial charge in [-0.3, -0.25) is 9.48 Å². The lowest BCUT2D eigenvalue weighted by Crippen LogP contribution is -2.54. The summed E-state index contributed by atoms with van der Waals surface area (Å²) in [7, 11) is 0. The fraction of sp³-hybridized carbons (Fsp3) is 0.500. The molecule has 1 fully saturated rings. The summed E-state index contributed by atoms with van der Waals surface area (Å²) in [6.45, 7) is 8.74. The van der Waals surface area contributed by atoms with E-state index in [0.717, 1.165) is 32.4 Å². The molecule has 1 aliphatic rings. The summed E-state index contributed by atoms with van der Waals surface area (Å²) < 4.78 is 1.84. The first-order valence-electron chi connectivity index (χ1n) is 9.09. The van der Waals surface area contributed by atoms with Crippen LogP contribution >= 0.6 is 12.4 Å². The van der Waals surface area contributed by atoms with E-state index in [9.17, 15) is 4.79 Å². The van der Waals surface area contributed by atoms with E-state index in [1.807, 2.05) is 16.9 Å². The van der Waals surface area contributed by atoms with Gasteiger partial charge in [-0.2, -0.15) is 5.10 Å². The highest BCUT2D eigenvalue weighted by atomic mass is 35.5. The molecule has 2 N–H and O–H groups in total. The van der Waals surface area contributed by atoms with Crippen LogP contribution in [0.25, 0.3) is 0 Å². The van der Waals surface area contributed by atoms with E-state index >= 15 is 0 Å². The molecule has 0 radical (unpaired) electrons. The van der Waals surface area contributed by atoms with Gasteiger partial charge in [0.05, 0.1) is 0 Å². The second-order valence-corrected chi connectivity index (χ2v) is 7.12. The Morgan fingerprint density at radius 1 is 1.23 bits per heavy atom. The first-order valence-corrected chi connectivity index (χ1v) is 9.09. The number of hydrogen-bond donors (Lipinski definition) is 2. The molecular weight excluding hydrogens is 348 g/mol. The van der Waals surface area contributed by atoms with Gasteiger partial charge in [0.2, 0.25) is 5.91 Å². The number of nitrogens with zero attached hydrogens (tertiary/aromatic N) is 2. The molecule has 5 nitrogen and oxygen atoms in total. The van der Waals surface area contributed by atoms with Gasteiger partial charge >= 0.3 is 0 Å². The van der Waals surface area contributed by atoms with Crippen LogP contribution in [0.15, 0.2) is 30.6 Å². The van der Waals surface area contributed by atoms with E-state index in [1.54, 1.807) is 6.20 Å². The predicted octanol–water partition coefficient (Wildman–Crippen LogP) is 2.67. The van der Waals surface area contributed by atoms with Gasteiger partial charge in [0, 0.05) is 18.9 Å². The molecule has 142 valence electrons. The van der Waals surface area contributed by atoms with Gasteiger partial charge in [0.25, 0.3) is 0 Å². The summed E-state index contributed by atoms with van der Waals surface area (Å²) in [5.41, 5.74) is 4.66. The monoisotopic (exact) mass is 376 g/mol. The number of halogens is 1. The van der Waals surface area contributed by atoms with E-state index in [0.29, 0.717) is 6.54 Å². The lowest BCUT2D eigenvalue weighted by atomic mass is 9.87. The van der Waals surface area contributed by atoms with Crippen molar-refractivity contribution in [3.63, 3.8) is 0 Å². The number of piperidine rings is 1. The van der Waals surface area contributed by atoms with Crippen molar-refractivity contribution in [2.24, 2.45) is 0 Å². The Labute approximate surface area is 162 Å². The van der Waals surface area contributed by atoms with E-state index in [2.05, 4.69) is 48.6 Å². The summed E-state index contributed by atoms with van der Waals surface area (Å²) in [6.07, 6.45) is 6.04. The summed E-state index contributed by atoms with van der Waals surface area (Å²) >= 11 is 0. The summed E-state index contributed by atoms with van der Waals surface area (Å²) in [4.78, 5) is 13.0. The third kappa shape index (κ3) is 4.10. The third-order valence-electron chi connectivity index (χ3n) is 5.30. The van der Waals surface area contributed by atoms with Crippen molar-refractivity contribution >= 4 is 18.3 Å². The normalized spacial score (nSPS) is 16.0. The maximum absolute atomic E-state index is 13.0. The second kappa shape index (κ2) is 8.69. The van der Waals surface area contributed by atoms with E-state index in [-0.39, 0.29) is 18.3 Å². The average Bonchev–Trinajstić information content (AvgIpc) is 3.12. The number of nitrogens with one attached hydrogen (secondary N) is 2. The molecule has 0 aliphatic carbocycles. The predicted molar refractivity (Wildman–Crippen MR) is 107 cm³/mol. The van der Waals surface area contributed by atoms with Crippen LogP contribution in [0.3, 0.4) is 0 Å². The highest BCUT2D eigenvalue weighted by Crippen LogP contribution is 2.27. The van der Waals surface area contributed by atoms with Gasteiger partial charge in [-0.05, 0) is 75.9 Å². The number of hydrogen-bond acceptors (Lipinski definition) is 3. The van der Waals surface area contributed by atoms with Crippen LogP contribution in [0.1, 0.15) is 35.1 Å². The van der Waals surface area contributed by atoms with Gasteiger partial charge in [0.1, 0.15) is 5.54 Å². The van der Waals surface area contributed by atoms with Crippen molar-refractivity contribution < 1.29 is 4.79 Å². The Balaban J connectivity index is 0.00000243. The first kappa shape index (κ1) is 20.5. The highest BCUT2D eigenvalue weighted by Gasteiger charge is 2.41. The van der Waals surface area contributed by atoms with Crippen molar-refractivity contribution in [3.8, 4) is 0 Å². The fourth-order valence-corrected chi connectivity index (χ4v) is 3.99. The van der Waals surface area contributed by atoms with E-state index in [4.69, 9.17) is 0 Å². The SMILES string of the molecule is Cc1cc(C)c(CCNC(=O)C2(n3cccn3)CCNCC2)c(C)c1.Cl. The molecule has 26 heavy (non-hydrogen) atoms. The van der Waals surface area contributed by atoms with Gasteiger partial charge in [-0.15, -0.1) is 12.4 Å². The molecule has 0 bridgehead atoms. The van der Waals surface area contributed by atoms with Crippen LogP contribution in [0.5, 0.6) is 0 Å². The first-order chi connectivity index (χ1) is 12.0. The topological polar surface area (TPSA) is 59.0 Å². The van der Waals surface area contributed by atoms with Crippen molar-refractivity contribution in [1.82, 2.24) is 20.4 Å². The number of aromatic nitrogens is 2. The van der Waals surface area contributed by atoms with Gasteiger partial charge in [0.15, 0.2) is 0 Å². The lowest BCUT2D eigenvalue weighted by molar-refractivity contribution is -0.131. The molecule has 0 unspecified atom stereocenters. The fourth-order valence-electron chi connectivity index (χ4n) is 3.99. The largest absolute Gasteiger partial charge is 0.354 e. The van der Waals surface area contributed by atoms with Crippen molar-refractivity contribution in [3.05, 3.63) is 52.8 Å². The van der Waals surface area contributed by atoms with E-state index in [1.165, 1.54) is 22.3 Å². The smallest absolute Gasteiger partial charge is 0.248 e. The molecular formula is C20H29ClN4O. The quantitative estimate of drug-likeness (QED) is 0.843. The van der Waals surface area contributed by atoms with Gasteiger partial charge < -0.3 is 10.6 Å². The molecule has 3 rings (SSSR count). The molecule has 1 aromatic heterocycles. The highest BCUT2D eigenvalue weighted by molar-refractivity contribution is 5.85. The summed E-state index contributed by atoms with van der Waals surface area (Å²) in [6, 6.07) is 6.31. The molecule has 6 heteroatoms. The molecule has 2 aromatic rings. The van der Waals surface area contributed by atoms with Crippen LogP contribution < -0.4 is 10.6 Å². The van der Waals surface area contributed by atoms with Crippen LogP contribution in [-0.2, 0) is 16.8 Å². The zero-order valence-electron chi connectivity index (χ0n) is 15.8. The number of amides is 1. The molecule has 0 atom stereocenters. The minimum atomic E-state index is -0.563. The molecule has 1 saturated heterocycles. The number of carbonyl (C=O) groups excluding carboxylic acids is 1. The van der Waals surface area contributed by atoms with Gasteiger partial charge in [-0.25, -0.2) is 0 Å². The Kier molecular flexibility index (Phi) is 6.84. The lowest BCUT2D eigenvalue weighted by Gasteiger charge is -2.36. The number of carbonyl (C=O) groups is 1. The zero-order valence-corrected chi connectivity index (χ0v) is 16.7. The Bertz CT molecular complexity index is 713. The Morgan fingerprint density at radius 3 is 2.46 bits per heavy atom. The Morgan fingerprint density at radius 2 is 1.88 bits per heavy atom. The zero-order chi connectivity index (χ0) is 17.9. The number of rotatable bonds is 5. The summed E-state index contributed by atoms with van der Waals surface area (Å²) in [5.74, 6) is 0.0834. The van der Waals surface area contributed by atoms with Crippen molar-refractivity contribution in [1.29, 1.82) is 0 Å². The number of benzene rings is 1. The van der Waals surface area contributed by atoms with Gasteiger partial charge in [-0.1, -0.05) is 17.7 Å². The number of aryl methyl sites for hydroxylation is 3. The maximum atomic E-state index is 13.0.